The molecular weight excluding hydrogens is 272 g/mol. The van der Waals surface area contributed by atoms with Crippen molar-refractivity contribution in [1.29, 1.82) is 0 Å². The molecule has 0 aliphatic carbocycles. The number of thiocarbonyl (C=S) groups is 1. The Kier molecular flexibility index (Phi) is 5.48. The van der Waals surface area contributed by atoms with Gasteiger partial charge in [-0.25, -0.2) is 0 Å². The van der Waals surface area contributed by atoms with Gasteiger partial charge in [-0.3, -0.25) is 0 Å². The summed E-state index contributed by atoms with van der Waals surface area (Å²) in [7, 11) is 1.74. The molecule has 4 nitrogen and oxygen atoms in total. The van der Waals surface area contributed by atoms with E-state index < -0.39 is 6.10 Å². The molecule has 2 atom stereocenters. The molecule has 1 aliphatic heterocycles. The summed E-state index contributed by atoms with van der Waals surface area (Å²) in [6, 6.07) is 7.50. The van der Waals surface area contributed by atoms with E-state index in [0.29, 0.717) is 17.5 Å². The van der Waals surface area contributed by atoms with Crippen molar-refractivity contribution in [3.8, 4) is 0 Å². The summed E-state index contributed by atoms with van der Waals surface area (Å²) in [6.07, 6.45) is 0.665. The van der Waals surface area contributed by atoms with Crippen molar-refractivity contribution in [3.63, 3.8) is 0 Å². The van der Waals surface area contributed by atoms with E-state index in [0.717, 1.165) is 37.2 Å². The fourth-order valence-electron chi connectivity index (χ4n) is 2.67. The van der Waals surface area contributed by atoms with Gasteiger partial charge in [0, 0.05) is 25.8 Å². The van der Waals surface area contributed by atoms with Crippen LogP contribution in [-0.4, -0.2) is 48.3 Å². The molecule has 0 amide bonds. The first-order valence-electron chi connectivity index (χ1n) is 6.89. The Morgan fingerprint density at radius 1 is 1.50 bits per heavy atom. The number of likely N-dealkylation sites (tertiary alicyclic amines) is 1. The van der Waals surface area contributed by atoms with Gasteiger partial charge in [0.1, 0.15) is 4.99 Å². The lowest BCUT2D eigenvalue weighted by atomic mass is 10.1. The van der Waals surface area contributed by atoms with Gasteiger partial charge in [-0.05, 0) is 24.4 Å². The van der Waals surface area contributed by atoms with E-state index in [4.69, 9.17) is 22.7 Å². The molecular formula is C15H22N2O2S. The number of aliphatic hydroxyl groups is 1. The lowest BCUT2D eigenvalue weighted by Gasteiger charge is -2.20. The largest absolute Gasteiger partial charge is 0.389 e. The van der Waals surface area contributed by atoms with Crippen LogP contribution in [0.25, 0.3) is 0 Å². The van der Waals surface area contributed by atoms with Crippen LogP contribution in [0.1, 0.15) is 23.7 Å². The molecule has 3 N–H and O–H groups in total. The second-order valence-electron chi connectivity index (χ2n) is 5.37. The van der Waals surface area contributed by atoms with Crippen LogP contribution in [0.4, 0.5) is 0 Å². The second-order valence-corrected chi connectivity index (χ2v) is 5.81. The summed E-state index contributed by atoms with van der Waals surface area (Å²) in [5.74, 6) is 0.587. The van der Waals surface area contributed by atoms with Crippen LogP contribution < -0.4 is 5.73 Å². The maximum absolute atomic E-state index is 10.3. The van der Waals surface area contributed by atoms with Gasteiger partial charge in [-0.15, -0.1) is 0 Å². The van der Waals surface area contributed by atoms with Crippen molar-refractivity contribution in [1.82, 2.24) is 4.90 Å². The van der Waals surface area contributed by atoms with Crippen LogP contribution >= 0.6 is 12.2 Å². The zero-order chi connectivity index (χ0) is 14.5. The molecule has 1 aromatic rings. The number of ether oxygens (including phenoxy) is 1. The van der Waals surface area contributed by atoms with Gasteiger partial charge in [0.25, 0.3) is 0 Å². The van der Waals surface area contributed by atoms with Gasteiger partial charge in [0.15, 0.2) is 0 Å². The van der Waals surface area contributed by atoms with Crippen LogP contribution in [0.3, 0.4) is 0 Å². The standard InChI is InChI=1S/C15H22N2O2S/c1-19-10-11-6-7-17(8-11)9-14(18)12-2-4-13(5-3-12)15(16)20/h2-5,11,14,18H,6-10H2,1H3,(H2,16,20). The van der Waals surface area contributed by atoms with Crippen molar-refractivity contribution >= 4 is 17.2 Å². The first-order chi connectivity index (χ1) is 9.60. The minimum Gasteiger partial charge on any atom is -0.389 e. The maximum atomic E-state index is 10.3. The predicted octanol–water partition coefficient (Wildman–Crippen LogP) is 1.32. The molecule has 2 rings (SSSR count). The number of nitrogens with two attached hydrogens (primary N) is 1. The number of methoxy groups -OCH3 is 1. The van der Waals surface area contributed by atoms with E-state index >= 15 is 0 Å². The maximum Gasteiger partial charge on any atom is 0.103 e. The third-order valence-electron chi connectivity index (χ3n) is 3.78. The van der Waals surface area contributed by atoms with Gasteiger partial charge in [0.2, 0.25) is 0 Å². The Balaban J connectivity index is 1.88. The third-order valence-corrected chi connectivity index (χ3v) is 4.02. The van der Waals surface area contributed by atoms with Crippen LogP contribution in [0.2, 0.25) is 0 Å². The number of aliphatic hydroxyl groups excluding tert-OH is 1. The molecule has 0 bridgehead atoms. The summed E-state index contributed by atoms with van der Waals surface area (Å²) in [4.78, 5) is 2.67. The number of hydrogen-bond donors (Lipinski definition) is 2. The minimum atomic E-state index is -0.475. The summed E-state index contributed by atoms with van der Waals surface area (Å²) >= 11 is 4.92. The van der Waals surface area contributed by atoms with E-state index in [1.807, 2.05) is 24.3 Å². The number of β-amino-alcohol motifs (C(OH)–C–C–N with tert-alkyl or cyclic N) is 1. The predicted molar refractivity (Wildman–Crippen MR) is 83.7 cm³/mol. The van der Waals surface area contributed by atoms with Crippen LogP contribution in [0, 0.1) is 5.92 Å². The van der Waals surface area contributed by atoms with Crippen molar-refractivity contribution in [2.45, 2.75) is 12.5 Å². The zero-order valence-corrected chi connectivity index (χ0v) is 12.6. The normalized spacial score (nSPS) is 21.0. The average molecular weight is 294 g/mol. The SMILES string of the molecule is COCC1CCN(CC(O)c2ccc(C(N)=S)cc2)C1. The van der Waals surface area contributed by atoms with Crippen molar-refractivity contribution in [3.05, 3.63) is 35.4 Å². The van der Waals surface area contributed by atoms with Gasteiger partial charge in [-0.1, -0.05) is 36.5 Å². The molecule has 1 fully saturated rings. The second kappa shape index (κ2) is 7.13. The molecule has 0 saturated carbocycles. The molecule has 5 heteroatoms. The Morgan fingerprint density at radius 3 is 2.80 bits per heavy atom. The number of rotatable bonds is 6. The molecule has 1 saturated heterocycles. The Bertz CT molecular complexity index is 450. The molecule has 2 unspecified atom stereocenters. The van der Waals surface area contributed by atoms with Crippen molar-refractivity contribution in [2.75, 3.05) is 33.4 Å². The molecule has 0 radical (unpaired) electrons. The highest BCUT2D eigenvalue weighted by Crippen LogP contribution is 2.21. The first kappa shape index (κ1) is 15.4. The highest BCUT2D eigenvalue weighted by molar-refractivity contribution is 7.80. The summed E-state index contributed by atoms with van der Waals surface area (Å²) in [6.45, 7) is 3.48. The van der Waals surface area contributed by atoms with Gasteiger partial charge in [0.05, 0.1) is 12.7 Å². The van der Waals surface area contributed by atoms with Gasteiger partial charge in [-0.2, -0.15) is 0 Å². The van der Waals surface area contributed by atoms with Crippen LogP contribution in [0.5, 0.6) is 0 Å². The van der Waals surface area contributed by atoms with E-state index in [1.165, 1.54) is 0 Å². The average Bonchev–Trinajstić information content (AvgIpc) is 2.86. The minimum absolute atomic E-state index is 0.382. The lowest BCUT2D eigenvalue weighted by Crippen LogP contribution is -2.27. The molecule has 110 valence electrons. The van der Waals surface area contributed by atoms with E-state index in [-0.39, 0.29) is 0 Å². The third kappa shape index (κ3) is 3.99. The smallest absolute Gasteiger partial charge is 0.103 e. The van der Waals surface area contributed by atoms with Crippen LogP contribution in [-0.2, 0) is 4.74 Å². The lowest BCUT2D eigenvalue weighted by molar-refractivity contribution is 0.115. The first-order valence-corrected chi connectivity index (χ1v) is 7.30. The summed E-state index contributed by atoms with van der Waals surface area (Å²) in [5, 5.41) is 10.3. The quantitative estimate of drug-likeness (QED) is 0.775. The molecule has 20 heavy (non-hydrogen) atoms. The fourth-order valence-corrected chi connectivity index (χ4v) is 2.81. The van der Waals surface area contributed by atoms with E-state index in [1.54, 1.807) is 7.11 Å². The number of hydrogen-bond acceptors (Lipinski definition) is 4. The Morgan fingerprint density at radius 2 is 2.20 bits per heavy atom. The zero-order valence-electron chi connectivity index (χ0n) is 11.8. The molecule has 0 aromatic heterocycles. The van der Waals surface area contributed by atoms with Crippen LogP contribution in [0.15, 0.2) is 24.3 Å². The summed E-state index contributed by atoms with van der Waals surface area (Å²) in [5.41, 5.74) is 7.30. The Labute approximate surface area is 125 Å². The van der Waals surface area contributed by atoms with Gasteiger partial charge < -0.3 is 20.5 Å². The number of benzene rings is 1. The molecule has 0 spiro atoms. The van der Waals surface area contributed by atoms with E-state index in [9.17, 15) is 5.11 Å². The van der Waals surface area contributed by atoms with E-state index in [2.05, 4.69) is 4.90 Å². The summed E-state index contributed by atoms with van der Waals surface area (Å²) < 4.78 is 5.19. The molecule has 1 heterocycles. The van der Waals surface area contributed by atoms with Crippen molar-refractivity contribution in [2.24, 2.45) is 11.7 Å². The highest BCUT2D eigenvalue weighted by Gasteiger charge is 2.24. The number of nitrogens with zero attached hydrogens (tertiary/aromatic N) is 1. The van der Waals surface area contributed by atoms with Gasteiger partial charge >= 0.3 is 0 Å². The molecule has 1 aromatic carbocycles. The fraction of sp³-hybridized carbons (Fsp3) is 0.533. The molecule has 1 aliphatic rings. The van der Waals surface area contributed by atoms with Crippen molar-refractivity contribution < 1.29 is 9.84 Å². The highest BCUT2D eigenvalue weighted by atomic mass is 32.1. The topological polar surface area (TPSA) is 58.7 Å². The Hall–Kier alpha value is -1.01. The monoisotopic (exact) mass is 294 g/mol.